The number of pyridine rings is 1. The molecule has 148 valence electrons. The van der Waals surface area contributed by atoms with Gasteiger partial charge in [-0.25, -0.2) is 0 Å². The van der Waals surface area contributed by atoms with E-state index in [9.17, 15) is 0 Å². The summed E-state index contributed by atoms with van der Waals surface area (Å²) in [6.45, 7) is 4.45. The molecule has 3 aliphatic rings. The SMILES string of the molecule is COc1c(C)cnc(CN2N=C3CC(N(C)C)C4=C3C(=N2)C(N)=NSC4)c1C. The van der Waals surface area contributed by atoms with Crippen molar-refractivity contribution in [2.24, 2.45) is 20.3 Å². The summed E-state index contributed by atoms with van der Waals surface area (Å²) in [5.41, 5.74) is 13.3. The summed E-state index contributed by atoms with van der Waals surface area (Å²) >= 11 is 1.48. The minimum Gasteiger partial charge on any atom is -0.496 e. The molecule has 1 aliphatic carbocycles. The summed E-state index contributed by atoms with van der Waals surface area (Å²) in [5.74, 6) is 2.12. The largest absolute Gasteiger partial charge is 0.496 e. The fourth-order valence-corrected chi connectivity index (χ4v) is 4.72. The number of rotatable bonds is 4. The van der Waals surface area contributed by atoms with Crippen molar-refractivity contribution in [3.8, 4) is 5.75 Å². The van der Waals surface area contributed by atoms with Crippen molar-refractivity contribution in [3.05, 3.63) is 34.2 Å². The molecule has 1 aromatic rings. The first kappa shape index (κ1) is 18.9. The first-order valence-electron chi connectivity index (χ1n) is 9.19. The molecule has 2 aliphatic heterocycles. The Morgan fingerprint density at radius 3 is 2.82 bits per heavy atom. The fraction of sp³-hybridized carbons (Fsp3) is 0.474. The van der Waals surface area contributed by atoms with Crippen LogP contribution in [0.4, 0.5) is 0 Å². The molecule has 1 atom stereocenters. The number of hydrogen-bond donors (Lipinski definition) is 1. The minimum atomic E-state index is 0.298. The summed E-state index contributed by atoms with van der Waals surface area (Å²) < 4.78 is 9.95. The maximum absolute atomic E-state index is 6.25. The predicted octanol–water partition coefficient (Wildman–Crippen LogP) is 1.88. The second-order valence-electron chi connectivity index (χ2n) is 7.41. The Morgan fingerprint density at radius 1 is 1.32 bits per heavy atom. The standard InChI is InChI=1S/C19H25N7OS/c1-10-7-21-14(11(2)18(10)27-5)8-26-22-13-6-15(25(3)4)12-9-28-24-19(20)17(23-26)16(12)13/h7,15H,6,8-9H2,1-5H3,(H2,20,24). The molecule has 9 heteroatoms. The molecule has 0 radical (unpaired) electrons. The molecule has 0 aromatic carbocycles. The Hall–Kier alpha value is -2.39. The molecule has 0 bridgehead atoms. The zero-order valence-electron chi connectivity index (χ0n) is 16.9. The van der Waals surface area contributed by atoms with Crippen molar-refractivity contribution < 1.29 is 4.74 Å². The van der Waals surface area contributed by atoms with Gasteiger partial charge in [0.25, 0.3) is 0 Å². The Balaban J connectivity index is 1.73. The zero-order valence-corrected chi connectivity index (χ0v) is 17.7. The van der Waals surface area contributed by atoms with Gasteiger partial charge in [0.1, 0.15) is 18.0 Å². The molecule has 3 heterocycles. The van der Waals surface area contributed by atoms with Crippen molar-refractivity contribution in [3.63, 3.8) is 0 Å². The number of nitrogens with two attached hydrogens (primary N) is 1. The molecule has 0 amide bonds. The lowest BCUT2D eigenvalue weighted by Crippen LogP contribution is -2.33. The van der Waals surface area contributed by atoms with Gasteiger partial charge in [-0.3, -0.25) is 4.98 Å². The van der Waals surface area contributed by atoms with E-state index in [2.05, 4.69) is 28.4 Å². The van der Waals surface area contributed by atoms with E-state index >= 15 is 0 Å². The second kappa shape index (κ2) is 7.21. The number of nitrogens with zero attached hydrogens (tertiary/aromatic N) is 6. The van der Waals surface area contributed by atoms with Crippen molar-refractivity contribution in [1.82, 2.24) is 15.0 Å². The Labute approximate surface area is 169 Å². The number of aryl methyl sites for hydroxylation is 1. The van der Waals surface area contributed by atoms with Crippen LogP contribution in [-0.2, 0) is 6.54 Å². The zero-order chi connectivity index (χ0) is 20.0. The average Bonchev–Trinajstić information content (AvgIpc) is 2.94. The molecule has 0 saturated carbocycles. The number of ether oxygens (including phenoxy) is 1. The van der Waals surface area contributed by atoms with E-state index in [1.807, 2.05) is 20.0 Å². The van der Waals surface area contributed by atoms with Gasteiger partial charge in [0.2, 0.25) is 0 Å². The first-order valence-corrected chi connectivity index (χ1v) is 10.1. The maximum atomic E-state index is 6.25. The Kier molecular flexibility index (Phi) is 4.88. The third-order valence-corrected chi connectivity index (χ3v) is 6.14. The molecule has 0 fully saturated rings. The second-order valence-corrected chi connectivity index (χ2v) is 8.14. The van der Waals surface area contributed by atoms with Crippen molar-refractivity contribution in [2.75, 3.05) is 27.0 Å². The number of likely N-dealkylation sites (N-methyl/N-ethyl adjacent to an activating group) is 1. The molecule has 8 nitrogen and oxygen atoms in total. The normalized spacial score (nSPS) is 21.3. The van der Waals surface area contributed by atoms with Crippen LogP contribution in [0.15, 0.2) is 31.9 Å². The van der Waals surface area contributed by atoms with Gasteiger partial charge in [-0.1, -0.05) is 0 Å². The van der Waals surface area contributed by atoms with Crippen LogP contribution in [0, 0.1) is 13.8 Å². The number of aromatic nitrogens is 1. The summed E-state index contributed by atoms with van der Waals surface area (Å²) in [7, 11) is 5.87. The Bertz CT molecular complexity index is 948. The van der Waals surface area contributed by atoms with E-state index in [0.717, 1.165) is 51.7 Å². The molecular weight excluding hydrogens is 374 g/mol. The molecular formula is C19H25N7OS. The van der Waals surface area contributed by atoms with Crippen LogP contribution in [0.3, 0.4) is 0 Å². The minimum absolute atomic E-state index is 0.298. The molecule has 2 N–H and O–H groups in total. The summed E-state index contributed by atoms with van der Waals surface area (Å²) in [5, 5.41) is 11.2. The van der Waals surface area contributed by atoms with Gasteiger partial charge in [-0.05, 0) is 45.5 Å². The van der Waals surface area contributed by atoms with Crippen LogP contribution in [0.2, 0.25) is 0 Å². The highest BCUT2D eigenvalue weighted by Crippen LogP contribution is 2.36. The van der Waals surface area contributed by atoms with E-state index in [1.54, 1.807) is 12.2 Å². The smallest absolute Gasteiger partial charge is 0.160 e. The van der Waals surface area contributed by atoms with Crippen molar-refractivity contribution >= 4 is 29.2 Å². The number of hydrogen-bond acceptors (Lipinski definition) is 9. The number of methoxy groups -OCH3 is 1. The summed E-state index contributed by atoms with van der Waals surface area (Å²) in [6, 6.07) is 0.298. The van der Waals surface area contributed by atoms with Gasteiger partial charge in [0.05, 0.1) is 18.5 Å². The molecule has 28 heavy (non-hydrogen) atoms. The Morgan fingerprint density at radius 2 is 2.11 bits per heavy atom. The van der Waals surface area contributed by atoms with Gasteiger partial charge in [0.15, 0.2) is 5.84 Å². The van der Waals surface area contributed by atoms with Gasteiger partial charge >= 0.3 is 0 Å². The lowest BCUT2D eigenvalue weighted by atomic mass is 10.0. The summed E-state index contributed by atoms with van der Waals surface area (Å²) in [6.07, 6.45) is 2.68. The van der Waals surface area contributed by atoms with Crippen LogP contribution >= 0.6 is 11.9 Å². The number of hydrazone groups is 2. The highest BCUT2D eigenvalue weighted by Gasteiger charge is 2.39. The van der Waals surface area contributed by atoms with Gasteiger partial charge in [-0.15, -0.1) is 0 Å². The third kappa shape index (κ3) is 3.08. The van der Waals surface area contributed by atoms with E-state index in [4.69, 9.17) is 20.7 Å². The lowest BCUT2D eigenvalue weighted by Gasteiger charge is -2.23. The first-order chi connectivity index (χ1) is 13.4. The van der Waals surface area contributed by atoms with Crippen molar-refractivity contribution in [1.29, 1.82) is 0 Å². The molecule has 1 aromatic heterocycles. The topological polar surface area (TPSA) is 91.7 Å². The highest BCUT2D eigenvalue weighted by molar-refractivity contribution is 7.98. The van der Waals surface area contributed by atoms with Crippen LogP contribution in [0.5, 0.6) is 5.75 Å². The van der Waals surface area contributed by atoms with Crippen LogP contribution in [-0.4, -0.2) is 65.3 Å². The molecule has 4 rings (SSSR count). The van der Waals surface area contributed by atoms with Crippen molar-refractivity contribution in [2.45, 2.75) is 32.9 Å². The van der Waals surface area contributed by atoms with E-state index in [0.29, 0.717) is 18.4 Å². The number of amidine groups is 1. The van der Waals surface area contributed by atoms with E-state index < -0.39 is 0 Å². The summed E-state index contributed by atoms with van der Waals surface area (Å²) in [4.78, 5) is 6.81. The highest BCUT2D eigenvalue weighted by atomic mass is 32.2. The molecule has 0 saturated heterocycles. The molecule has 1 unspecified atom stereocenters. The van der Waals surface area contributed by atoms with Gasteiger partial charge < -0.3 is 15.4 Å². The monoisotopic (exact) mass is 399 g/mol. The lowest BCUT2D eigenvalue weighted by molar-refractivity contribution is 0.286. The van der Waals surface area contributed by atoms with Crippen LogP contribution < -0.4 is 10.5 Å². The molecule has 0 spiro atoms. The van der Waals surface area contributed by atoms with Gasteiger partial charge in [-0.2, -0.15) is 19.7 Å². The maximum Gasteiger partial charge on any atom is 0.160 e. The van der Waals surface area contributed by atoms with Crippen LogP contribution in [0.1, 0.15) is 23.2 Å². The predicted molar refractivity (Wildman–Crippen MR) is 114 cm³/mol. The van der Waals surface area contributed by atoms with Crippen LogP contribution in [0.25, 0.3) is 0 Å². The third-order valence-electron chi connectivity index (χ3n) is 5.38. The van der Waals surface area contributed by atoms with Gasteiger partial charge in [0, 0.05) is 41.1 Å². The quantitative estimate of drug-likeness (QED) is 0.778. The van der Waals surface area contributed by atoms with E-state index in [1.165, 1.54) is 17.5 Å². The fourth-order valence-electron chi connectivity index (χ4n) is 3.96. The average molecular weight is 400 g/mol. The van der Waals surface area contributed by atoms with E-state index in [-0.39, 0.29) is 0 Å².